The Kier molecular flexibility index (Phi) is 12.2. The van der Waals surface area contributed by atoms with Crippen molar-refractivity contribution < 1.29 is 31.5 Å². The molecule has 1 N–H and O–H groups in total. The van der Waals surface area contributed by atoms with Crippen LogP contribution >= 0.6 is 33.9 Å². The Morgan fingerprint density at radius 2 is 1.88 bits per heavy atom. The maximum atomic E-state index is 16.5. The van der Waals surface area contributed by atoms with Gasteiger partial charge in [-0.3, -0.25) is 0 Å². The minimum Gasteiger partial charge on any atom is -0.466 e. The summed E-state index contributed by atoms with van der Waals surface area (Å²) in [6.45, 7) is 3.90. The number of esters is 1. The lowest BCUT2D eigenvalue weighted by atomic mass is 9.75. The Bertz CT molecular complexity index is 2880. The van der Waals surface area contributed by atoms with E-state index >= 15 is 8.78 Å². The summed E-state index contributed by atoms with van der Waals surface area (Å²) < 4.78 is 72.6. The van der Waals surface area contributed by atoms with Crippen LogP contribution in [0.3, 0.4) is 0 Å². The number of methoxy groups -OCH3 is 1. The first-order valence-corrected chi connectivity index (χ1v) is 21.8. The molecular formula is C45H37F2IN4O5S2. The third-order valence-corrected chi connectivity index (χ3v) is 13.5. The van der Waals surface area contributed by atoms with E-state index in [0.29, 0.717) is 41.6 Å². The number of carbonyl (C=O) groups excluding carboxylic acids is 1. The summed E-state index contributed by atoms with van der Waals surface area (Å²) in [4.78, 5) is 24.3. The van der Waals surface area contributed by atoms with Gasteiger partial charge >= 0.3 is 5.97 Å². The molecule has 0 aliphatic rings. The molecule has 7 aromatic rings. The van der Waals surface area contributed by atoms with Crippen molar-refractivity contribution in [3.63, 3.8) is 0 Å². The summed E-state index contributed by atoms with van der Waals surface area (Å²) >= 11 is 3.53. The fourth-order valence-electron chi connectivity index (χ4n) is 6.94. The lowest BCUT2D eigenvalue weighted by molar-refractivity contribution is -0.134. The van der Waals surface area contributed by atoms with Gasteiger partial charge in [0, 0.05) is 64.8 Å². The largest absolute Gasteiger partial charge is 0.466 e. The lowest BCUT2D eigenvalue weighted by Crippen LogP contribution is -2.24. The fourth-order valence-corrected chi connectivity index (χ4v) is 9.51. The molecule has 14 heteroatoms. The Morgan fingerprint density at radius 1 is 1.08 bits per heavy atom. The number of halogens is 3. The third kappa shape index (κ3) is 8.73. The SMILES string of the molecule is C#CCCCC(C)(c1cccc(/C=C/C(=O)OC)c1)c1cnc(-c2cc(Oc3c(F)cc4c(ccn4S(=O)(=O)c4ccc(C)cc4)c3Cc3csc(I)n3)ccc2F)[nH]1. The smallest absolute Gasteiger partial charge is 0.330 e. The van der Waals surface area contributed by atoms with Crippen LogP contribution in [0, 0.1) is 33.9 Å². The molecule has 7 rings (SSSR count). The lowest BCUT2D eigenvalue weighted by Gasteiger charge is -2.29. The number of carbonyl (C=O) groups is 1. The molecule has 0 saturated carbocycles. The van der Waals surface area contributed by atoms with Crippen molar-refractivity contribution >= 4 is 66.9 Å². The molecule has 0 spiro atoms. The molecular weight excluding hydrogens is 906 g/mol. The van der Waals surface area contributed by atoms with Gasteiger partial charge in [-0.1, -0.05) is 42.0 Å². The van der Waals surface area contributed by atoms with E-state index < -0.39 is 33.0 Å². The number of benzene rings is 4. The summed E-state index contributed by atoms with van der Waals surface area (Å²) in [7, 11) is -2.77. The summed E-state index contributed by atoms with van der Waals surface area (Å²) in [5.74, 6) is 1.02. The summed E-state index contributed by atoms with van der Waals surface area (Å²) in [5.41, 5.74) is 3.89. The molecule has 9 nitrogen and oxygen atoms in total. The third-order valence-electron chi connectivity index (χ3n) is 10.1. The summed E-state index contributed by atoms with van der Waals surface area (Å²) in [5, 5.41) is 2.30. The second-order valence-corrected chi connectivity index (χ2v) is 18.5. The van der Waals surface area contributed by atoms with Gasteiger partial charge in [0.25, 0.3) is 10.0 Å². The van der Waals surface area contributed by atoms with Crippen LogP contribution in [0.15, 0.2) is 108 Å². The predicted molar refractivity (Wildman–Crippen MR) is 234 cm³/mol. The molecule has 0 aliphatic carbocycles. The van der Waals surface area contributed by atoms with Gasteiger partial charge in [-0.25, -0.2) is 35.9 Å². The maximum absolute atomic E-state index is 16.5. The van der Waals surface area contributed by atoms with Crippen LogP contribution in [-0.4, -0.2) is 40.4 Å². The molecule has 1 unspecified atom stereocenters. The van der Waals surface area contributed by atoms with Gasteiger partial charge < -0.3 is 14.5 Å². The van der Waals surface area contributed by atoms with Crippen LogP contribution in [0.1, 0.15) is 59.8 Å². The first-order valence-electron chi connectivity index (χ1n) is 18.4. The first kappa shape index (κ1) is 41.5. The Balaban J connectivity index is 1.27. The number of H-pyrrole nitrogens is 1. The number of nitrogens with zero attached hydrogens (tertiary/aromatic N) is 3. The Morgan fingerprint density at radius 3 is 2.61 bits per heavy atom. The number of thiazole rings is 1. The number of aromatic amines is 1. The van der Waals surface area contributed by atoms with Gasteiger partial charge in [-0.2, -0.15) is 0 Å². The average Bonchev–Trinajstić information content (AvgIpc) is 4.00. The molecule has 3 heterocycles. The number of hydrogen-bond acceptors (Lipinski definition) is 8. The molecule has 4 aromatic carbocycles. The molecule has 0 amide bonds. The number of fused-ring (bicyclic) bond motifs is 1. The number of aromatic nitrogens is 4. The Labute approximate surface area is 358 Å². The van der Waals surface area contributed by atoms with Gasteiger partial charge in [0.2, 0.25) is 0 Å². The zero-order chi connectivity index (χ0) is 41.9. The quantitative estimate of drug-likeness (QED) is 0.0379. The van der Waals surface area contributed by atoms with Crippen molar-refractivity contribution in [2.24, 2.45) is 0 Å². The molecule has 0 saturated heterocycles. The van der Waals surface area contributed by atoms with E-state index in [0.717, 1.165) is 29.7 Å². The minimum absolute atomic E-state index is 0.0612. The molecule has 3 aromatic heterocycles. The van der Waals surface area contributed by atoms with Gasteiger partial charge in [0.05, 0.1) is 28.8 Å². The van der Waals surface area contributed by atoms with Crippen LogP contribution in [0.4, 0.5) is 8.78 Å². The van der Waals surface area contributed by atoms with E-state index in [2.05, 4.69) is 43.5 Å². The highest BCUT2D eigenvalue weighted by atomic mass is 127. The molecule has 0 fully saturated rings. The molecule has 1 atom stereocenters. The topological polar surface area (TPSA) is 116 Å². The van der Waals surface area contributed by atoms with Crippen molar-refractivity contribution in [3.8, 4) is 35.2 Å². The molecule has 59 heavy (non-hydrogen) atoms. The van der Waals surface area contributed by atoms with Crippen LogP contribution in [0.5, 0.6) is 11.5 Å². The average molecular weight is 943 g/mol. The molecule has 300 valence electrons. The number of unbranched alkanes of at least 4 members (excludes halogenated alkanes) is 1. The highest BCUT2D eigenvalue weighted by Gasteiger charge is 2.32. The zero-order valence-corrected chi connectivity index (χ0v) is 35.9. The van der Waals surface area contributed by atoms with E-state index in [-0.39, 0.29) is 39.7 Å². The number of nitrogens with one attached hydrogen (secondary N) is 1. The number of rotatable bonds is 14. The summed E-state index contributed by atoms with van der Waals surface area (Å²) in [6, 6.07) is 20.9. The van der Waals surface area contributed by atoms with Crippen LogP contribution < -0.4 is 4.74 Å². The second-order valence-electron chi connectivity index (χ2n) is 14.1. The van der Waals surface area contributed by atoms with Crippen molar-refractivity contribution in [1.82, 2.24) is 18.9 Å². The van der Waals surface area contributed by atoms with Crippen LogP contribution in [-0.2, 0) is 31.4 Å². The van der Waals surface area contributed by atoms with E-state index in [1.165, 1.54) is 61.1 Å². The van der Waals surface area contributed by atoms with E-state index in [4.69, 9.17) is 15.9 Å². The van der Waals surface area contributed by atoms with Crippen molar-refractivity contribution in [2.75, 3.05) is 7.11 Å². The van der Waals surface area contributed by atoms with Crippen molar-refractivity contribution in [3.05, 3.63) is 151 Å². The maximum Gasteiger partial charge on any atom is 0.330 e. The highest BCUT2D eigenvalue weighted by Crippen LogP contribution is 2.41. The molecule has 0 aliphatic heterocycles. The first-order chi connectivity index (χ1) is 28.3. The predicted octanol–water partition coefficient (Wildman–Crippen LogP) is 10.6. The number of terminal acetylenes is 1. The number of ether oxygens (including phenoxy) is 2. The van der Waals surface area contributed by atoms with E-state index in [1.807, 2.05) is 43.5 Å². The Hall–Kier alpha value is -5.63. The monoisotopic (exact) mass is 942 g/mol. The van der Waals surface area contributed by atoms with E-state index in [1.54, 1.807) is 30.5 Å². The molecule has 0 radical (unpaired) electrons. The highest BCUT2D eigenvalue weighted by molar-refractivity contribution is 14.1. The van der Waals surface area contributed by atoms with Crippen LogP contribution in [0.25, 0.3) is 28.4 Å². The molecule has 0 bridgehead atoms. The van der Waals surface area contributed by atoms with Gasteiger partial charge in [-0.05, 0) is 103 Å². The standard InChI is InChI=1S/C45H37F2IN4O5S2/c1-5-6-7-20-45(3,30-10-8-9-29(22-30)13-18-41(53)56-4)40-26-49-43(51-40)36-24-32(14-17-37(36)46)57-42-35(23-31-27-58-44(48)50-31)34-19-21-52(39(34)25-38(42)47)59(54,55)33-15-11-28(2)12-16-33/h1,8-19,21-22,24-27H,6-7,20,23H2,2-4H3,(H,49,51)/b18-13+. The number of hydrogen-bond donors (Lipinski definition) is 1. The van der Waals surface area contributed by atoms with Gasteiger partial charge in [0.1, 0.15) is 17.4 Å². The van der Waals surface area contributed by atoms with Crippen molar-refractivity contribution in [1.29, 1.82) is 0 Å². The second kappa shape index (κ2) is 17.3. The fraction of sp³-hybridized carbons (Fsp3) is 0.178. The number of imidazole rings is 1. The van der Waals surface area contributed by atoms with Crippen molar-refractivity contribution in [2.45, 2.75) is 49.8 Å². The summed E-state index contributed by atoms with van der Waals surface area (Å²) in [6.07, 6.45) is 13.7. The zero-order valence-electron chi connectivity index (χ0n) is 32.1. The number of aryl methyl sites for hydroxylation is 1. The van der Waals surface area contributed by atoms with E-state index in [9.17, 15) is 13.2 Å². The van der Waals surface area contributed by atoms with Gasteiger partial charge in [-0.15, -0.1) is 23.7 Å². The minimum atomic E-state index is -4.08. The van der Waals surface area contributed by atoms with Gasteiger partial charge in [0.15, 0.2) is 14.6 Å². The van der Waals surface area contributed by atoms with Crippen LogP contribution in [0.2, 0.25) is 0 Å². The normalized spacial score (nSPS) is 12.8.